The Morgan fingerprint density at radius 2 is 1.92 bits per heavy atom. The van der Waals surface area contributed by atoms with Crippen LogP contribution in [0.2, 0.25) is 0 Å². The second-order valence-electron chi connectivity index (χ2n) is 5.10. The summed E-state index contributed by atoms with van der Waals surface area (Å²) >= 11 is 0. The van der Waals surface area contributed by atoms with Gasteiger partial charge in [0.15, 0.2) is 5.69 Å². The van der Waals surface area contributed by atoms with Crippen LogP contribution in [0.5, 0.6) is 0 Å². The quantitative estimate of drug-likeness (QED) is 0.874. The Bertz CT molecular complexity index is 741. The SMILES string of the molecule is Cc1cc(C(=O)NC(CC(F)(F)F)C(=O)O)nn1-c1ccccc1. The van der Waals surface area contributed by atoms with E-state index in [1.165, 1.54) is 10.7 Å². The predicted octanol–water partition coefficient (Wildman–Crippen LogP) is 2.32. The molecule has 1 amide bonds. The molecule has 2 aromatic rings. The molecule has 128 valence electrons. The second-order valence-corrected chi connectivity index (χ2v) is 5.10. The molecule has 2 rings (SSSR count). The zero-order valence-electron chi connectivity index (χ0n) is 12.5. The molecule has 0 spiro atoms. The van der Waals surface area contributed by atoms with Crippen LogP contribution in [0, 0.1) is 6.92 Å². The Kier molecular flexibility index (Phi) is 4.91. The number of hydrogen-bond donors (Lipinski definition) is 2. The molecule has 1 aromatic carbocycles. The van der Waals surface area contributed by atoms with E-state index < -0.39 is 30.5 Å². The molecule has 1 heterocycles. The maximum atomic E-state index is 12.4. The van der Waals surface area contributed by atoms with Gasteiger partial charge in [-0.2, -0.15) is 18.3 Å². The number of carboxylic acid groups (broad SMARTS) is 1. The maximum Gasteiger partial charge on any atom is 0.391 e. The minimum atomic E-state index is -4.71. The number of hydrogen-bond acceptors (Lipinski definition) is 3. The molecule has 2 N–H and O–H groups in total. The summed E-state index contributed by atoms with van der Waals surface area (Å²) in [6, 6.07) is 8.11. The number of rotatable bonds is 5. The zero-order chi connectivity index (χ0) is 17.9. The fraction of sp³-hybridized carbons (Fsp3) is 0.267. The van der Waals surface area contributed by atoms with Gasteiger partial charge in [-0.3, -0.25) is 4.79 Å². The topological polar surface area (TPSA) is 84.2 Å². The number of aliphatic carboxylic acids is 1. The van der Waals surface area contributed by atoms with Crippen molar-refractivity contribution < 1.29 is 27.9 Å². The average Bonchev–Trinajstić information content (AvgIpc) is 2.88. The van der Waals surface area contributed by atoms with E-state index in [1.807, 2.05) is 5.32 Å². The molecule has 0 radical (unpaired) electrons. The first kappa shape index (κ1) is 17.5. The van der Waals surface area contributed by atoms with E-state index in [1.54, 1.807) is 37.3 Å². The highest BCUT2D eigenvalue weighted by atomic mass is 19.4. The molecule has 1 aromatic heterocycles. The van der Waals surface area contributed by atoms with E-state index in [0.29, 0.717) is 11.4 Å². The summed E-state index contributed by atoms with van der Waals surface area (Å²) in [6.07, 6.45) is -6.37. The van der Waals surface area contributed by atoms with E-state index in [-0.39, 0.29) is 5.69 Å². The third-order valence-corrected chi connectivity index (χ3v) is 3.16. The van der Waals surface area contributed by atoms with Gasteiger partial charge >= 0.3 is 12.1 Å². The largest absolute Gasteiger partial charge is 0.480 e. The normalized spacial score (nSPS) is 12.7. The number of nitrogens with zero attached hydrogens (tertiary/aromatic N) is 2. The van der Waals surface area contributed by atoms with Crippen molar-refractivity contribution in [3.63, 3.8) is 0 Å². The van der Waals surface area contributed by atoms with Crippen LogP contribution in [-0.2, 0) is 4.79 Å². The Balaban J connectivity index is 2.19. The Hall–Kier alpha value is -2.84. The molecule has 0 saturated heterocycles. The molecular formula is C15H14F3N3O3. The first-order chi connectivity index (χ1) is 11.2. The van der Waals surface area contributed by atoms with E-state index in [2.05, 4.69) is 5.10 Å². The van der Waals surface area contributed by atoms with Crippen LogP contribution in [0.3, 0.4) is 0 Å². The van der Waals surface area contributed by atoms with E-state index in [4.69, 9.17) is 5.11 Å². The van der Waals surface area contributed by atoms with E-state index >= 15 is 0 Å². The first-order valence-corrected chi connectivity index (χ1v) is 6.90. The molecule has 0 aliphatic heterocycles. The number of carboxylic acids is 1. The molecule has 1 atom stereocenters. The van der Waals surface area contributed by atoms with Gasteiger partial charge in [0.2, 0.25) is 0 Å². The molecule has 0 bridgehead atoms. The van der Waals surface area contributed by atoms with Gasteiger partial charge < -0.3 is 10.4 Å². The number of amides is 1. The highest BCUT2D eigenvalue weighted by Crippen LogP contribution is 2.22. The van der Waals surface area contributed by atoms with Crippen LogP contribution < -0.4 is 5.32 Å². The molecule has 1 unspecified atom stereocenters. The third-order valence-electron chi connectivity index (χ3n) is 3.16. The monoisotopic (exact) mass is 341 g/mol. The van der Waals surface area contributed by atoms with Crippen LogP contribution in [0.4, 0.5) is 13.2 Å². The van der Waals surface area contributed by atoms with Gasteiger partial charge in [-0.1, -0.05) is 18.2 Å². The Labute approximate surface area is 134 Å². The van der Waals surface area contributed by atoms with Crippen molar-refractivity contribution in [3.05, 3.63) is 47.8 Å². The number of aryl methyl sites for hydroxylation is 1. The average molecular weight is 341 g/mol. The maximum absolute atomic E-state index is 12.4. The molecule has 0 fully saturated rings. The minimum Gasteiger partial charge on any atom is -0.480 e. The van der Waals surface area contributed by atoms with Crippen LogP contribution in [-0.4, -0.2) is 39.0 Å². The third kappa shape index (κ3) is 4.34. The smallest absolute Gasteiger partial charge is 0.391 e. The van der Waals surface area contributed by atoms with Crippen LogP contribution in [0.25, 0.3) is 5.69 Å². The Morgan fingerprint density at radius 3 is 2.46 bits per heavy atom. The van der Waals surface area contributed by atoms with Crippen molar-refractivity contribution >= 4 is 11.9 Å². The van der Waals surface area contributed by atoms with Crippen molar-refractivity contribution in [2.45, 2.75) is 25.6 Å². The summed E-state index contributed by atoms with van der Waals surface area (Å²) in [5.41, 5.74) is 1.08. The number of alkyl halides is 3. The van der Waals surface area contributed by atoms with Gasteiger partial charge in [0.05, 0.1) is 12.1 Å². The molecule has 24 heavy (non-hydrogen) atoms. The van der Waals surface area contributed by atoms with Crippen LogP contribution in [0.1, 0.15) is 22.6 Å². The number of nitrogens with one attached hydrogen (secondary N) is 1. The fourth-order valence-corrected chi connectivity index (χ4v) is 2.08. The summed E-state index contributed by atoms with van der Waals surface area (Å²) in [4.78, 5) is 22.9. The molecule has 0 saturated carbocycles. The van der Waals surface area contributed by atoms with Gasteiger partial charge in [0.25, 0.3) is 5.91 Å². The summed E-state index contributed by atoms with van der Waals surface area (Å²) in [7, 11) is 0. The summed E-state index contributed by atoms with van der Waals surface area (Å²) in [6.45, 7) is 1.67. The summed E-state index contributed by atoms with van der Waals surface area (Å²) in [5, 5.41) is 14.7. The predicted molar refractivity (Wildman–Crippen MR) is 77.9 cm³/mol. The fourth-order valence-electron chi connectivity index (χ4n) is 2.08. The van der Waals surface area contributed by atoms with Crippen molar-refractivity contribution in [1.29, 1.82) is 0 Å². The lowest BCUT2D eigenvalue weighted by atomic mass is 10.2. The molecule has 9 heteroatoms. The molecular weight excluding hydrogens is 327 g/mol. The van der Waals surface area contributed by atoms with Crippen LogP contribution >= 0.6 is 0 Å². The molecule has 6 nitrogen and oxygen atoms in total. The lowest BCUT2D eigenvalue weighted by Crippen LogP contribution is -2.43. The number of carbonyl (C=O) groups excluding carboxylic acids is 1. The minimum absolute atomic E-state index is 0.162. The van der Waals surface area contributed by atoms with E-state index in [9.17, 15) is 22.8 Å². The highest BCUT2D eigenvalue weighted by Gasteiger charge is 2.36. The standard InChI is InChI=1S/C15H14F3N3O3/c1-9-7-11(20-21(9)10-5-3-2-4-6-10)13(22)19-12(14(23)24)8-15(16,17)18/h2-7,12H,8H2,1H3,(H,19,22)(H,23,24). The van der Waals surface area contributed by atoms with Crippen molar-refractivity contribution in [2.75, 3.05) is 0 Å². The summed E-state index contributed by atoms with van der Waals surface area (Å²) in [5.74, 6) is -2.75. The van der Waals surface area contributed by atoms with Gasteiger partial charge in [0, 0.05) is 5.69 Å². The zero-order valence-corrected chi connectivity index (χ0v) is 12.5. The van der Waals surface area contributed by atoms with Crippen molar-refractivity contribution in [1.82, 2.24) is 15.1 Å². The van der Waals surface area contributed by atoms with Crippen molar-refractivity contribution in [2.24, 2.45) is 0 Å². The number of aromatic nitrogens is 2. The van der Waals surface area contributed by atoms with E-state index in [0.717, 1.165) is 0 Å². The van der Waals surface area contributed by atoms with Crippen LogP contribution in [0.15, 0.2) is 36.4 Å². The highest BCUT2D eigenvalue weighted by molar-refractivity contribution is 5.95. The molecule has 0 aliphatic rings. The number of carbonyl (C=O) groups is 2. The number of para-hydroxylation sites is 1. The van der Waals surface area contributed by atoms with Crippen molar-refractivity contribution in [3.8, 4) is 5.69 Å². The lowest BCUT2D eigenvalue weighted by Gasteiger charge is -2.15. The second kappa shape index (κ2) is 6.73. The molecule has 0 aliphatic carbocycles. The number of halogens is 3. The van der Waals surface area contributed by atoms with Gasteiger partial charge in [-0.15, -0.1) is 0 Å². The first-order valence-electron chi connectivity index (χ1n) is 6.90. The van der Waals surface area contributed by atoms with Gasteiger partial charge in [-0.05, 0) is 25.1 Å². The van der Waals surface area contributed by atoms with Gasteiger partial charge in [-0.25, -0.2) is 9.48 Å². The Morgan fingerprint density at radius 1 is 1.29 bits per heavy atom. The number of benzene rings is 1. The van der Waals surface area contributed by atoms with Gasteiger partial charge in [0.1, 0.15) is 6.04 Å². The lowest BCUT2D eigenvalue weighted by molar-refractivity contribution is -0.157. The summed E-state index contributed by atoms with van der Waals surface area (Å²) < 4.78 is 38.6.